The first kappa shape index (κ1) is 7.44. The van der Waals surface area contributed by atoms with E-state index < -0.39 is 24.2 Å². The summed E-state index contributed by atoms with van der Waals surface area (Å²) in [6.45, 7) is 0. The van der Waals surface area contributed by atoms with Crippen molar-refractivity contribution in [2.45, 2.75) is 25.2 Å². The highest BCUT2D eigenvalue weighted by molar-refractivity contribution is 5.71. The molecular weight excluding hydrogens is 142 g/mol. The number of rotatable bonds is 1. The fourth-order valence-corrected chi connectivity index (χ4v) is 1.21. The molecule has 0 aromatic rings. The van der Waals surface area contributed by atoms with Gasteiger partial charge in [0, 0.05) is 0 Å². The van der Waals surface area contributed by atoms with E-state index in [-0.39, 0.29) is 12.8 Å². The molecule has 0 aliphatic heterocycles. The summed E-state index contributed by atoms with van der Waals surface area (Å²) in [5.74, 6) is -2.78. The molecule has 0 spiro atoms. The van der Waals surface area contributed by atoms with Crippen molar-refractivity contribution >= 4 is 5.97 Å². The van der Waals surface area contributed by atoms with Gasteiger partial charge in [-0.3, -0.25) is 4.79 Å². The van der Waals surface area contributed by atoms with E-state index in [1.165, 1.54) is 0 Å². The molecule has 2 nitrogen and oxygen atoms in total. The van der Waals surface area contributed by atoms with Crippen molar-refractivity contribution < 1.29 is 18.7 Å². The zero-order chi connectivity index (χ0) is 7.72. The van der Waals surface area contributed by atoms with Gasteiger partial charge in [-0.15, -0.1) is 0 Å². The Morgan fingerprint density at radius 1 is 1.30 bits per heavy atom. The average molecular weight is 150 g/mol. The van der Waals surface area contributed by atoms with Gasteiger partial charge < -0.3 is 5.11 Å². The lowest BCUT2D eigenvalue weighted by Crippen LogP contribution is -2.26. The van der Waals surface area contributed by atoms with Crippen LogP contribution in [0.5, 0.6) is 0 Å². The first-order valence-electron chi connectivity index (χ1n) is 3.14. The summed E-state index contributed by atoms with van der Waals surface area (Å²) in [5.41, 5.74) is 0. The zero-order valence-electron chi connectivity index (χ0n) is 5.26. The molecule has 0 bridgehead atoms. The average Bonchev–Trinajstić information content (AvgIpc) is 2.11. The third kappa shape index (κ3) is 1.10. The first-order valence-corrected chi connectivity index (χ1v) is 3.14. The second-order valence-electron chi connectivity index (χ2n) is 2.47. The molecule has 10 heavy (non-hydrogen) atoms. The SMILES string of the molecule is O=C(O)C1C(F)CCC1F. The molecule has 1 rings (SSSR count). The van der Waals surface area contributed by atoms with Gasteiger partial charge in [0.25, 0.3) is 0 Å². The Morgan fingerprint density at radius 2 is 1.70 bits per heavy atom. The van der Waals surface area contributed by atoms with Crippen molar-refractivity contribution in [2.24, 2.45) is 5.92 Å². The summed E-state index contributed by atoms with van der Waals surface area (Å²) in [7, 11) is 0. The summed E-state index contributed by atoms with van der Waals surface area (Å²) >= 11 is 0. The molecule has 1 aliphatic rings. The van der Waals surface area contributed by atoms with Gasteiger partial charge in [-0.25, -0.2) is 8.78 Å². The number of hydrogen-bond donors (Lipinski definition) is 1. The molecule has 1 N–H and O–H groups in total. The molecule has 0 saturated heterocycles. The third-order valence-corrected chi connectivity index (χ3v) is 1.78. The maximum atomic E-state index is 12.5. The number of aliphatic carboxylic acids is 1. The van der Waals surface area contributed by atoms with E-state index in [4.69, 9.17) is 5.11 Å². The van der Waals surface area contributed by atoms with Crippen LogP contribution >= 0.6 is 0 Å². The smallest absolute Gasteiger partial charge is 0.312 e. The van der Waals surface area contributed by atoms with Crippen LogP contribution in [0.4, 0.5) is 8.78 Å². The molecule has 0 aromatic carbocycles. The fraction of sp³-hybridized carbons (Fsp3) is 0.833. The van der Waals surface area contributed by atoms with Crippen LogP contribution in [0.1, 0.15) is 12.8 Å². The molecule has 2 atom stereocenters. The van der Waals surface area contributed by atoms with Crippen LogP contribution in [0.3, 0.4) is 0 Å². The Balaban J connectivity index is 2.63. The second kappa shape index (κ2) is 2.52. The minimum absolute atomic E-state index is 0.0398. The van der Waals surface area contributed by atoms with E-state index in [1.54, 1.807) is 0 Å². The monoisotopic (exact) mass is 150 g/mol. The quantitative estimate of drug-likeness (QED) is 0.608. The van der Waals surface area contributed by atoms with Gasteiger partial charge >= 0.3 is 5.97 Å². The van der Waals surface area contributed by atoms with Crippen molar-refractivity contribution in [2.75, 3.05) is 0 Å². The van der Waals surface area contributed by atoms with Crippen molar-refractivity contribution in [3.8, 4) is 0 Å². The maximum absolute atomic E-state index is 12.5. The van der Waals surface area contributed by atoms with Crippen molar-refractivity contribution in [3.63, 3.8) is 0 Å². The number of alkyl halides is 2. The summed E-state index contributed by atoms with van der Waals surface area (Å²) in [4.78, 5) is 10.1. The van der Waals surface area contributed by atoms with E-state index in [0.717, 1.165) is 0 Å². The molecule has 0 aromatic heterocycles. The van der Waals surface area contributed by atoms with Gasteiger partial charge in [0.2, 0.25) is 0 Å². The number of carboxylic acids is 1. The van der Waals surface area contributed by atoms with Crippen LogP contribution in [-0.2, 0) is 4.79 Å². The molecule has 1 saturated carbocycles. The van der Waals surface area contributed by atoms with Crippen LogP contribution in [0, 0.1) is 5.92 Å². The van der Waals surface area contributed by atoms with Crippen LogP contribution < -0.4 is 0 Å². The summed E-state index contributed by atoms with van der Waals surface area (Å²) in [6.07, 6.45) is -2.91. The van der Waals surface area contributed by atoms with E-state index in [9.17, 15) is 13.6 Å². The van der Waals surface area contributed by atoms with Crippen molar-refractivity contribution in [1.82, 2.24) is 0 Å². The Morgan fingerprint density at radius 3 is 1.90 bits per heavy atom. The number of halogens is 2. The van der Waals surface area contributed by atoms with Crippen LogP contribution in [0.2, 0.25) is 0 Å². The maximum Gasteiger partial charge on any atom is 0.312 e. The van der Waals surface area contributed by atoms with Gasteiger partial charge in [0.05, 0.1) is 0 Å². The summed E-state index contributed by atoms with van der Waals surface area (Å²) < 4.78 is 24.9. The Labute approximate surface area is 56.8 Å². The molecule has 4 heteroatoms. The van der Waals surface area contributed by atoms with Crippen LogP contribution in [-0.4, -0.2) is 23.4 Å². The lowest BCUT2D eigenvalue weighted by Gasteiger charge is -2.07. The Kier molecular flexibility index (Phi) is 1.87. The lowest BCUT2D eigenvalue weighted by molar-refractivity contribution is -0.145. The number of carbonyl (C=O) groups is 1. The highest BCUT2D eigenvalue weighted by Gasteiger charge is 2.41. The van der Waals surface area contributed by atoms with Crippen molar-refractivity contribution in [1.29, 1.82) is 0 Å². The second-order valence-corrected chi connectivity index (χ2v) is 2.47. The van der Waals surface area contributed by atoms with Gasteiger partial charge in [0.15, 0.2) is 0 Å². The minimum Gasteiger partial charge on any atom is -0.481 e. The molecule has 1 fully saturated rings. The highest BCUT2D eigenvalue weighted by Crippen LogP contribution is 2.31. The predicted molar refractivity (Wildman–Crippen MR) is 30.2 cm³/mol. The number of carboxylic acid groups (broad SMARTS) is 1. The highest BCUT2D eigenvalue weighted by atomic mass is 19.1. The first-order chi connectivity index (χ1) is 4.63. The molecule has 0 radical (unpaired) electrons. The Hall–Kier alpha value is -0.670. The van der Waals surface area contributed by atoms with Gasteiger partial charge in [-0.2, -0.15) is 0 Å². The third-order valence-electron chi connectivity index (χ3n) is 1.78. The van der Waals surface area contributed by atoms with Gasteiger partial charge in [-0.05, 0) is 12.8 Å². The summed E-state index contributed by atoms with van der Waals surface area (Å²) in [6, 6.07) is 0. The van der Waals surface area contributed by atoms with E-state index >= 15 is 0 Å². The van der Waals surface area contributed by atoms with E-state index in [1.807, 2.05) is 0 Å². The topological polar surface area (TPSA) is 37.3 Å². The fourth-order valence-electron chi connectivity index (χ4n) is 1.21. The predicted octanol–water partition coefficient (Wildman–Crippen LogP) is 1.16. The molecule has 0 amide bonds. The van der Waals surface area contributed by atoms with Gasteiger partial charge in [-0.1, -0.05) is 0 Å². The van der Waals surface area contributed by atoms with E-state index in [2.05, 4.69) is 0 Å². The van der Waals surface area contributed by atoms with E-state index in [0.29, 0.717) is 0 Å². The molecule has 58 valence electrons. The molecule has 2 unspecified atom stereocenters. The molecular formula is C6H8F2O2. The minimum atomic E-state index is -1.49. The lowest BCUT2D eigenvalue weighted by atomic mass is 10.1. The van der Waals surface area contributed by atoms with Crippen LogP contribution in [0.25, 0.3) is 0 Å². The normalized spacial score (nSPS) is 40.0. The largest absolute Gasteiger partial charge is 0.481 e. The van der Waals surface area contributed by atoms with Crippen molar-refractivity contribution in [3.05, 3.63) is 0 Å². The number of hydrogen-bond acceptors (Lipinski definition) is 1. The van der Waals surface area contributed by atoms with Gasteiger partial charge in [0.1, 0.15) is 18.3 Å². The molecule has 1 aliphatic carbocycles. The van der Waals surface area contributed by atoms with Crippen LogP contribution in [0.15, 0.2) is 0 Å². The molecule has 0 heterocycles. The Bertz CT molecular complexity index is 139. The standard InChI is InChI=1S/C6H8F2O2/c7-3-1-2-4(8)5(3)6(9)10/h3-5H,1-2H2,(H,9,10). The summed E-state index contributed by atoms with van der Waals surface area (Å²) in [5, 5.41) is 8.27. The zero-order valence-corrected chi connectivity index (χ0v) is 5.26.